The zero-order chi connectivity index (χ0) is 15.0. The first-order chi connectivity index (χ1) is 10.2. The Kier molecular flexibility index (Phi) is 3.34. The highest BCUT2D eigenvalue weighted by Gasteiger charge is 2.21. The number of fused-ring (bicyclic) bond motifs is 3. The number of aliphatic hydroxyl groups excluding tert-OH is 2. The van der Waals surface area contributed by atoms with Gasteiger partial charge in [0.2, 0.25) is 0 Å². The SMILES string of the molecule is CCc1cccc2c1N(C)Cc1cc(=CO)c(=CO)cc1-2. The van der Waals surface area contributed by atoms with E-state index in [1.165, 1.54) is 16.8 Å². The molecule has 0 aromatic heterocycles. The lowest BCUT2D eigenvalue weighted by Crippen LogP contribution is -2.30. The van der Waals surface area contributed by atoms with E-state index in [1.54, 1.807) is 0 Å². The van der Waals surface area contributed by atoms with Gasteiger partial charge in [0, 0.05) is 35.3 Å². The molecule has 0 saturated carbocycles. The number of rotatable bonds is 1. The van der Waals surface area contributed by atoms with Crippen molar-refractivity contribution in [3.63, 3.8) is 0 Å². The molecule has 0 aliphatic carbocycles. The van der Waals surface area contributed by atoms with E-state index in [1.807, 2.05) is 12.1 Å². The standard InChI is InChI=1S/C18H19NO2/c1-3-12-5-4-6-16-17-8-15(11-21)14(10-20)7-13(17)9-19(2)18(12)16/h4-8,10-11,20-21H,3,9H2,1-2H3. The molecule has 0 saturated heterocycles. The Bertz CT molecular complexity index is 809. The minimum absolute atomic E-state index is 0.633. The summed E-state index contributed by atoms with van der Waals surface area (Å²) in [6, 6.07) is 10.2. The van der Waals surface area contributed by atoms with Crippen LogP contribution in [-0.4, -0.2) is 17.3 Å². The molecular formula is C18H19NO2. The quantitative estimate of drug-likeness (QED) is 0.844. The molecule has 1 aliphatic heterocycles. The monoisotopic (exact) mass is 281 g/mol. The van der Waals surface area contributed by atoms with Gasteiger partial charge in [-0.3, -0.25) is 0 Å². The van der Waals surface area contributed by atoms with Crippen LogP contribution in [0.5, 0.6) is 0 Å². The molecule has 0 radical (unpaired) electrons. The Morgan fingerprint density at radius 3 is 2.48 bits per heavy atom. The van der Waals surface area contributed by atoms with Crippen LogP contribution in [0.2, 0.25) is 0 Å². The smallest absolute Gasteiger partial charge is 0.0871 e. The predicted molar refractivity (Wildman–Crippen MR) is 86.8 cm³/mol. The molecule has 0 unspecified atom stereocenters. The van der Waals surface area contributed by atoms with Crippen molar-refractivity contribution in [2.45, 2.75) is 19.9 Å². The fourth-order valence-corrected chi connectivity index (χ4v) is 3.16. The molecule has 21 heavy (non-hydrogen) atoms. The van der Waals surface area contributed by atoms with E-state index in [2.05, 4.69) is 37.1 Å². The summed E-state index contributed by atoms with van der Waals surface area (Å²) >= 11 is 0. The molecule has 1 aliphatic rings. The molecular weight excluding hydrogens is 262 g/mol. The molecule has 1 heterocycles. The van der Waals surface area contributed by atoms with Crippen LogP contribution in [0.3, 0.4) is 0 Å². The van der Waals surface area contributed by atoms with Crippen LogP contribution >= 0.6 is 0 Å². The second kappa shape index (κ2) is 5.17. The number of hydrogen-bond donors (Lipinski definition) is 2. The molecule has 3 heteroatoms. The lowest BCUT2D eigenvalue weighted by Gasteiger charge is -2.31. The third kappa shape index (κ3) is 2.05. The zero-order valence-corrected chi connectivity index (χ0v) is 12.3. The molecule has 2 aromatic carbocycles. The minimum atomic E-state index is 0.633. The molecule has 2 aromatic rings. The van der Waals surface area contributed by atoms with Crippen molar-refractivity contribution in [3.05, 3.63) is 51.9 Å². The number of hydrogen-bond acceptors (Lipinski definition) is 3. The van der Waals surface area contributed by atoms with Gasteiger partial charge in [-0.05, 0) is 35.2 Å². The number of nitrogens with zero attached hydrogens (tertiary/aromatic N) is 1. The van der Waals surface area contributed by atoms with Crippen LogP contribution in [-0.2, 0) is 13.0 Å². The van der Waals surface area contributed by atoms with Crippen molar-refractivity contribution in [2.75, 3.05) is 11.9 Å². The minimum Gasteiger partial charge on any atom is -0.515 e. The zero-order valence-electron chi connectivity index (χ0n) is 12.3. The van der Waals surface area contributed by atoms with E-state index in [0.717, 1.165) is 36.6 Å². The maximum Gasteiger partial charge on any atom is 0.0871 e. The third-order valence-corrected chi connectivity index (χ3v) is 4.17. The normalized spacial score (nSPS) is 15.0. The van der Waals surface area contributed by atoms with Crippen LogP contribution in [0.25, 0.3) is 23.7 Å². The van der Waals surface area contributed by atoms with Gasteiger partial charge in [0.25, 0.3) is 0 Å². The first-order valence-electron chi connectivity index (χ1n) is 7.14. The van der Waals surface area contributed by atoms with Crippen LogP contribution in [0.1, 0.15) is 18.1 Å². The van der Waals surface area contributed by atoms with Crippen molar-refractivity contribution < 1.29 is 10.2 Å². The van der Waals surface area contributed by atoms with Crippen LogP contribution in [0.15, 0.2) is 30.3 Å². The van der Waals surface area contributed by atoms with Crippen molar-refractivity contribution in [1.29, 1.82) is 0 Å². The van der Waals surface area contributed by atoms with Gasteiger partial charge in [-0.1, -0.05) is 25.1 Å². The number of benzene rings is 2. The number of anilines is 1. The maximum atomic E-state index is 9.39. The average Bonchev–Trinajstić information content (AvgIpc) is 2.53. The lowest BCUT2D eigenvalue weighted by atomic mass is 9.90. The highest BCUT2D eigenvalue weighted by atomic mass is 16.2. The predicted octanol–water partition coefficient (Wildman–Crippen LogP) is 2.46. The van der Waals surface area contributed by atoms with Crippen LogP contribution in [0, 0.1) is 0 Å². The second-order valence-corrected chi connectivity index (χ2v) is 5.42. The maximum absolute atomic E-state index is 9.39. The molecule has 0 bridgehead atoms. The summed E-state index contributed by atoms with van der Waals surface area (Å²) in [6.45, 7) is 2.96. The molecule has 0 fully saturated rings. The third-order valence-electron chi connectivity index (χ3n) is 4.17. The van der Waals surface area contributed by atoms with Crippen molar-refractivity contribution >= 4 is 18.2 Å². The van der Waals surface area contributed by atoms with Crippen molar-refractivity contribution in [3.8, 4) is 11.1 Å². The fraction of sp³-hybridized carbons (Fsp3) is 0.222. The first-order valence-corrected chi connectivity index (χ1v) is 7.14. The van der Waals surface area contributed by atoms with E-state index in [0.29, 0.717) is 10.4 Å². The molecule has 0 atom stereocenters. The summed E-state index contributed by atoms with van der Waals surface area (Å²) in [5.41, 5.74) is 6.06. The highest BCUT2D eigenvalue weighted by molar-refractivity contribution is 5.85. The molecule has 3 nitrogen and oxygen atoms in total. The van der Waals surface area contributed by atoms with E-state index in [-0.39, 0.29) is 0 Å². The largest absolute Gasteiger partial charge is 0.515 e. The molecule has 3 rings (SSSR count). The van der Waals surface area contributed by atoms with Gasteiger partial charge in [-0.2, -0.15) is 0 Å². The van der Waals surface area contributed by atoms with Gasteiger partial charge in [0.05, 0.1) is 12.5 Å². The Balaban J connectivity index is 2.36. The summed E-state index contributed by atoms with van der Waals surface area (Å²) < 4.78 is 0. The van der Waals surface area contributed by atoms with E-state index in [9.17, 15) is 10.2 Å². The summed E-state index contributed by atoms with van der Waals surface area (Å²) in [5.74, 6) is 0. The van der Waals surface area contributed by atoms with Gasteiger partial charge < -0.3 is 15.1 Å². The van der Waals surface area contributed by atoms with E-state index in [4.69, 9.17) is 0 Å². The van der Waals surface area contributed by atoms with Gasteiger partial charge in [0.1, 0.15) is 0 Å². The Hall–Kier alpha value is -2.42. The summed E-state index contributed by atoms with van der Waals surface area (Å²) in [7, 11) is 2.09. The summed E-state index contributed by atoms with van der Waals surface area (Å²) in [4.78, 5) is 2.25. The number of para-hydroxylation sites is 1. The Morgan fingerprint density at radius 2 is 1.81 bits per heavy atom. The van der Waals surface area contributed by atoms with Crippen LogP contribution in [0.4, 0.5) is 5.69 Å². The number of aryl methyl sites for hydroxylation is 1. The lowest BCUT2D eigenvalue weighted by molar-refractivity contribution is 0.533. The van der Waals surface area contributed by atoms with Gasteiger partial charge in [0.15, 0.2) is 0 Å². The topological polar surface area (TPSA) is 43.7 Å². The summed E-state index contributed by atoms with van der Waals surface area (Å²) in [5, 5.41) is 20.0. The van der Waals surface area contributed by atoms with Crippen molar-refractivity contribution in [2.24, 2.45) is 0 Å². The van der Waals surface area contributed by atoms with E-state index >= 15 is 0 Å². The van der Waals surface area contributed by atoms with Crippen LogP contribution < -0.4 is 15.3 Å². The molecule has 2 N–H and O–H groups in total. The molecule has 108 valence electrons. The van der Waals surface area contributed by atoms with E-state index < -0.39 is 0 Å². The highest BCUT2D eigenvalue weighted by Crippen LogP contribution is 2.39. The fourth-order valence-electron chi connectivity index (χ4n) is 3.16. The average molecular weight is 281 g/mol. The Labute approximate surface area is 124 Å². The molecule has 0 spiro atoms. The Morgan fingerprint density at radius 1 is 1.10 bits per heavy atom. The number of aliphatic hydroxyl groups is 2. The first kappa shape index (κ1) is 13.6. The molecule has 0 amide bonds. The van der Waals surface area contributed by atoms with Crippen molar-refractivity contribution in [1.82, 2.24) is 0 Å². The van der Waals surface area contributed by atoms with Gasteiger partial charge >= 0.3 is 0 Å². The second-order valence-electron chi connectivity index (χ2n) is 5.42. The van der Waals surface area contributed by atoms with Gasteiger partial charge in [-0.25, -0.2) is 0 Å². The summed E-state index contributed by atoms with van der Waals surface area (Å²) in [6.07, 6.45) is 3.08. The van der Waals surface area contributed by atoms with Gasteiger partial charge in [-0.15, -0.1) is 0 Å².